The van der Waals surface area contributed by atoms with Gasteiger partial charge in [-0.15, -0.1) is 0 Å². The second kappa shape index (κ2) is 35.6. The summed E-state index contributed by atoms with van der Waals surface area (Å²) in [6.07, 6.45) is -0.0532. The lowest BCUT2D eigenvalue weighted by molar-refractivity contribution is -0.156. The number of hydrogen-bond donors (Lipinski definition) is 11. The second-order valence-corrected chi connectivity index (χ2v) is 24.4. The van der Waals surface area contributed by atoms with Gasteiger partial charge in [0.2, 0.25) is 41.4 Å². The van der Waals surface area contributed by atoms with Crippen molar-refractivity contribution in [3.8, 4) is 0 Å². The molecule has 3 rings (SSSR count). The van der Waals surface area contributed by atoms with Gasteiger partial charge in [0.15, 0.2) is 0 Å². The van der Waals surface area contributed by atoms with Gasteiger partial charge in [0, 0.05) is 13.0 Å². The molecule has 87 heavy (non-hydrogen) atoms. The zero-order chi connectivity index (χ0) is 65.1. The number of carbonyl (C=O) groups is 10. The van der Waals surface area contributed by atoms with Crippen LogP contribution in [0.1, 0.15) is 163 Å². The third-order valence-electron chi connectivity index (χ3n) is 14.1. The van der Waals surface area contributed by atoms with Gasteiger partial charge in [0.1, 0.15) is 53.0 Å². The molecule has 0 unspecified atom stereocenters. The number of ether oxygens (including phenoxy) is 2. The van der Waals surface area contributed by atoms with E-state index in [4.69, 9.17) is 20.9 Å². The highest BCUT2D eigenvalue weighted by Gasteiger charge is 2.40. The Bertz CT molecular complexity index is 2620. The largest absolute Gasteiger partial charge is 0.480 e. The first kappa shape index (κ1) is 73.3. The number of carbonyl (C=O) groups excluding carboxylic acids is 9. The molecule has 8 atom stereocenters. The minimum absolute atomic E-state index is 0.00662. The Morgan fingerprint density at radius 3 is 1.49 bits per heavy atom. The van der Waals surface area contributed by atoms with Crippen LogP contribution in [-0.2, 0) is 58.2 Å². The van der Waals surface area contributed by atoms with Crippen molar-refractivity contribution < 1.29 is 62.5 Å². The van der Waals surface area contributed by atoms with Crippen molar-refractivity contribution in [2.45, 2.75) is 206 Å². The molecule has 23 heteroatoms. The first-order chi connectivity index (χ1) is 40.9. The van der Waals surface area contributed by atoms with Crippen molar-refractivity contribution in [2.24, 2.45) is 23.3 Å². The van der Waals surface area contributed by atoms with Gasteiger partial charge in [-0.3, -0.25) is 38.4 Å². The number of hydrogen-bond acceptors (Lipinski definition) is 14. The molecule has 0 radical (unpaired) electrons. The second-order valence-electron chi connectivity index (χ2n) is 24.4. The van der Waals surface area contributed by atoms with Gasteiger partial charge in [0.05, 0.1) is 12.5 Å². The SMILES string of the molecule is CC[C@H](C)[C@H](NC(=O)[C@H](CCCCNC(=O)OC(C)(C)C)NC(=O)[C@H](CC(=O)OC(C)(C)C)NC(=O)[C@@H](N)CC(C)C)C(=O)N[C@@H](C)C(=O)N[C@@H](CCC(=O)NC(c1ccccc1)(c1ccccc1)c1ccccc1)C(=O)N[C@@H](CCCCN)C(=O)O. The van der Waals surface area contributed by atoms with Gasteiger partial charge in [-0.05, 0) is 135 Å². The van der Waals surface area contributed by atoms with Crippen LogP contribution in [0.15, 0.2) is 91.0 Å². The van der Waals surface area contributed by atoms with Gasteiger partial charge >= 0.3 is 18.0 Å². The molecule has 0 fully saturated rings. The Morgan fingerprint density at radius 2 is 1.00 bits per heavy atom. The van der Waals surface area contributed by atoms with Crippen LogP contribution >= 0.6 is 0 Å². The third-order valence-corrected chi connectivity index (χ3v) is 14.1. The number of alkyl carbamates (subject to hydrolysis) is 1. The van der Waals surface area contributed by atoms with Gasteiger partial charge in [0.25, 0.3) is 0 Å². The average molecular weight is 1210 g/mol. The molecule has 8 amide bonds. The number of unbranched alkanes of at least 4 members (excludes halogenated alkanes) is 2. The summed E-state index contributed by atoms with van der Waals surface area (Å²) in [5.41, 5.74) is 11.1. The maximum absolute atomic E-state index is 14.5. The number of carboxylic acids is 1. The molecular weight excluding hydrogens is 1120 g/mol. The van der Waals surface area contributed by atoms with Crippen molar-refractivity contribution in [1.82, 2.24) is 42.5 Å². The van der Waals surface area contributed by atoms with E-state index >= 15 is 0 Å². The number of amides is 8. The molecule has 3 aromatic rings. The summed E-state index contributed by atoms with van der Waals surface area (Å²) in [6.45, 7) is 18.9. The zero-order valence-corrected chi connectivity index (χ0v) is 52.5. The van der Waals surface area contributed by atoms with Gasteiger partial charge in [-0.2, -0.15) is 0 Å². The average Bonchev–Trinajstić information content (AvgIpc) is 0.848. The highest BCUT2D eigenvalue weighted by atomic mass is 16.6. The van der Waals surface area contributed by atoms with Crippen LogP contribution in [0.25, 0.3) is 0 Å². The van der Waals surface area contributed by atoms with Crippen LogP contribution in [0.3, 0.4) is 0 Å². The van der Waals surface area contributed by atoms with E-state index in [0.717, 1.165) is 16.7 Å². The van der Waals surface area contributed by atoms with Crippen LogP contribution in [-0.4, -0.2) is 131 Å². The Balaban J connectivity index is 1.97. The fraction of sp³-hybridized carbons (Fsp3) is 0.562. The predicted molar refractivity (Wildman–Crippen MR) is 330 cm³/mol. The lowest BCUT2D eigenvalue weighted by atomic mass is 9.77. The predicted octanol–water partition coefficient (Wildman–Crippen LogP) is 4.86. The summed E-state index contributed by atoms with van der Waals surface area (Å²) in [4.78, 5) is 137. The van der Waals surface area contributed by atoms with Crippen LogP contribution in [0, 0.1) is 11.8 Å². The fourth-order valence-electron chi connectivity index (χ4n) is 9.41. The first-order valence-electron chi connectivity index (χ1n) is 30.1. The molecule has 480 valence electrons. The molecule has 0 saturated heterocycles. The number of esters is 1. The molecule has 0 aliphatic carbocycles. The fourth-order valence-corrected chi connectivity index (χ4v) is 9.41. The van der Waals surface area contributed by atoms with Crippen molar-refractivity contribution >= 4 is 59.4 Å². The molecule has 0 saturated carbocycles. The summed E-state index contributed by atoms with van der Waals surface area (Å²) in [7, 11) is 0. The van der Waals surface area contributed by atoms with Crippen molar-refractivity contribution in [1.29, 1.82) is 0 Å². The summed E-state index contributed by atoms with van der Waals surface area (Å²) < 4.78 is 10.8. The van der Waals surface area contributed by atoms with Crippen LogP contribution < -0.4 is 54.0 Å². The number of aliphatic carboxylic acids is 1. The Hall–Kier alpha value is -7.92. The van der Waals surface area contributed by atoms with E-state index in [9.17, 15) is 53.1 Å². The summed E-state index contributed by atoms with van der Waals surface area (Å²) in [6, 6.07) is 18.3. The van der Waals surface area contributed by atoms with Crippen molar-refractivity contribution in [3.63, 3.8) is 0 Å². The van der Waals surface area contributed by atoms with E-state index in [2.05, 4.69) is 42.5 Å². The van der Waals surface area contributed by atoms with Crippen molar-refractivity contribution in [2.75, 3.05) is 13.1 Å². The quantitative estimate of drug-likeness (QED) is 0.0213. The lowest BCUT2D eigenvalue weighted by Crippen LogP contribution is -2.60. The van der Waals surface area contributed by atoms with Crippen LogP contribution in [0.4, 0.5) is 4.79 Å². The number of nitrogens with two attached hydrogens (primary N) is 2. The highest BCUT2D eigenvalue weighted by Crippen LogP contribution is 2.37. The lowest BCUT2D eigenvalue weighted by Gasteiger charge is -2.37. The summed E-state index contributed by atoms with van der Waals surface area (Å²) in [5.74, 6) is -8.38. The maximum atomic E-state index is 14.5. The maximum Gasteiger partial charge on any atom is 0.407 e. The van der Waals surface area contributed by atoms with Gasteiger partial charge in [-0.1, -0.05) is 125 Å². The van der Waals surface area contributed by atoms with E-state index in [0.29, 0.717) is 25.7 Å². The molecule has 0 aromatic heterocycles. The smallest absolute Gasteiger partial charge is 0.407 e. The van der Waals surface area contributed by atoms with E-state index < -0.39 is 131 Å². The number of nitrogens with one attached hydrogen (secondary N) is 8. The minimum atomic E-state index is -1.55. The first-order valence-corrected chi connectivity index (χ1v) is 30.1. The van der Waals surface area contributed by atoms with E-state index in [-0.39, 0.29) is 57.5 Å². The van der Waals surface area contributed by atoms with E-state index in [1.807, 2.05) is 105 Å². The minimum Gasteiger partial charge on any atom is -0.480 e. The van der Waals surface area contributed by atoms with Crippen LogP contribution in [0.2, 0.25) is 0 Å². The van der Waals surface area contributed by atoms with Gasteiger partial charge in [-0.25, -0.2) is 9.59 Å². The monoisotopic (exact) mass is 1210 g/mol. The summed E-state index contributed by atoms with van der Waals surface area (Å²) >= 11 is 0. The summed E-state index contributed by atoms with van der Waals surface area (Å²) in [5, 5.41) is 31.7. The molecule has 3 aromatic carbocycles. The van der Waals surface area contributed by atoms with Gasteiger partial charge < -0.3 is 68.6 Å². The topological polar surface area (TPSA) is 358 Å². The van der Waals surface area contributed by atoms with E-state index in [1.54, 1.807) is 55.4 Å². The van der Waals surface area contributed by atoms with Crippen molar-refractivity contribution in [3.05, 3.63) is 108 Å². The molecule has 0 aliphatic heterocycles. The van der Waals surface area contributed by atoms with Crippen LogP contribution in [0.5, 0.6) is 0 Å². The standard InChI is InChI=1S/C64H96N10O13/c1-12-41(4)53(73-57(80)47(32-23-25-37-67-61(85)87-63(9,10)11)70-58(81)50(39-52(76)86-62(6,7)8)72-55(78)46(66)38-40(2)3)59(82)68-42(5)54(77)69-48(56(79)71-49(60(83)84)33-22-24-36-65)34-35-51(75)74-64(43-26-16-13-17-27-43,44-28-18-14-19-29-44)45-30-20-15-21-31-45/h13-21,26-31,40-42,46-50,53H,12,22-25,32-39,65-66H2,1-11H3,(H,67,85)(H,68,82)(H,69,77)(H,70,81)(H,71,79)(H,72,78)(H,73,80)(H,74,75)(H,83,84)/t41-,42-,46-,47-,48-,49-,50-,53-/m0/s1. The van der Waals surface area contributed by atoms with E-state index in [1.165, 1.54) is 6.92 Å². The Morgan fingerprint density at radius 1 is 0.540 bits per heavy atom. The Kier molecular flexibility index (Phi) is 30.0. The zero-order valence-electron chi connectivity index (χ0n) is 52.5. The molecule has 0 aliphatic rings. The third kappa shape index (κ3) is 25.5. The molecule has 0 spiro atoms. The normalized spacial score (nSPS) is 14.4. The number of carboxylic acid groups (broad SMARTS) is 1. The number of rotatable bonds is 35. The molecular formula is C64H96N10O13. The molecule has 23 nitrogen and oxygen atoms in total. The highest BCUT2D eigenvalue weighted by molar-refractivity contribution is 5.98. The molecule has 13 N–H and O–H groups in total. The molecule has 0 bridgehead atoms. The number of benzene rings is 3. The Labute approximate surface area is 512 Å². The molecule has 0 heterocycles.